The number of carbonyl (C=O) groups is 3. The first-order valence-corrected chi connectivity index (χ1v) is 23.8. The van der Waals surface area contributed by atoms with E-state index in [-0.39, 0.29) is 37.5 Å². The second-order valence-corrected chi connectivity index (χ2v) is 15.0. The van der Waals surface area contributed by atoms with Crippen molar-refractivity contribution < 1.29 is 28.6 Å². The van der Waals surface area contributed by atoms with E-state index >= 15 is 0 Å². The molecule has 0 spiro atoms. The molecule has 340 valence electrons. The topological polar surface area (TPSA) is 78.9 Å². The van der Waals surface area contributed by atoms with E-state index in [1.165, 1.54) is 0 Å². The molecule has 0 saturated carbocycles. The molecule has 0 saturated heterocycles. The van der Waals surface area contributed by atoms with Gasteiger partial charge in [0.05, 0.1) is 0 Å². The molecule has 0 aromatic rings. The Hall–Kier alpha value is -4.45. The zero-order chi connectivity index (χ0) is 44.4. The Morgan fingerprint density at radius 3 is 1.13 bits per heavy atom. The second kappa shape index (κ2) is 48.2. The van der Waals surface area contributed by atoms with Gasteiger partial charge in [-0.2, -0.15) is 0 Å². The molecule has 61 heavy (non-hydrogen) atoms. The van der Waals surface area contributed by atoms with E-state index in [9.17, 15) is 14.4 Å². The predicted molar refractivity (Wildman–Crippen MR) is 260 cm³/mol. The molecular weight excluding hydrogens is 757 g/mol. The molecule has 0 aliphatic rings. The highest BCUT2D eigenvalue weighted by molar-refractivity contribution is 5.71. The molecule has 0 heterocycles. The largest absolute Gasteiger partial charge is 0.462 e. The molecule has 6 heteroatoms. The molecule has 0 rings (SSSR count). The predicted octanol–water partition coefficient (Wildman–Crippen LogP) is 15.5. The van der Waals surface area contributed by atoms with Crippen molar-refractivity contribution in [2.45, 2.75) is 181 Å². The van der Waals surface area contributed by atoms with Crippen molar-refractivity contribution in [3.63, 3.8) is 0 Å². The lowest BCUT2D eigenvalue weighted by Crippen LogP contribution is -2.30. The molecule has 0 fully saturated rings. The van der Waals surface area contributed by atoms with Crippen molar-refractivity contribution in [3.8, 4) is 0 Å². The normalized spacial score (nSPS) is 13.3. The summed E-state index contributed by atoms with van der Waals surface area (Å²) in [5, 5.41) is 0. The average Bonchev–Trinajstić information content (AvgIpc) is 3.26. The third-order valence-corrected chi connectivity index (χ3v) is 9.26. The van der Waals surface area contributed by atoms with Crippen molar-refractivity contribution in [3.05, 3.63) is 134 Å². The van der Waals surface area contributed by atoms with Gasteiger partial charge in [0.2, 0.25) is 0 Å². The Morgan fingerprint density at radius 1 is 0.344 bits per heavy atom. The van der Waals surface area contributed by atoms with E-state index in [4.69, 9.17) is 14.2 Å². The van der Waals surface area contributed by atoms with Crippen LogP contribution in [0.15, 0.2) is 134 Å². The van der Waals surface area contributed by atoms with Crippen LogP contribution in [-0.4, -0.2) is 37.2 Å². The number of esters is 3. The molecule has 1 unspecified atom stereocenters. The molecule has 0 bridgehead atoms. The Morgan fingerprint density at radius 2 is 0.672 bits per heavy atom. The van der Waals surface area contributed by atoms with Gasteiger partial charge in [-0.05, 0) is 103 Å². The van der Waals surface area contributed by atoms with Gasteiger partial charge in [0.25, 0.3) is 0 Å². The molecule has 0 aliphatic carbocycles. The standard InChI is InChI=1S/C55H84O6/c1-4-7-10-13-16-19-22-25-27-29-30-33-36-39-42-45-48-54(57)60-51-52(50-59-53(56)47-44-41-38-35-32-24-21-18-15-12-9-6-3)61-55(58)49-46-43-40-37-34-31-28-26-23-20-17-14-11-8-5-2/h7-12,14,16-21,23,25-28,30-31,33-34,52H,4-6,13,15,22,24,29,32,35-51H2,1-3H3/b10-7-,11-8-,12-9-,17-14-,19-16-,21-18-,23-20-,27-25-,28-26-,33-30-,34-31-. The minimum Gasteiger partial charge on any atom is -0.462 e. The van der Waals surface area contributed by atoms with Gasteiger partial charge in [-0.25, -0.2) is 0 Å². The number of unbranched alkanes of at least 4 members (excludes halogenated alkanes) is 11. The van der Waals surface area contributed by atoms with E-state index < -0.39 is 6.10 Å². The first-order chi connectivity index (χ1) is 30.0. The van der Waals surface area contributed by atoms with Crippen molar-refractivity contribution in [1.82, 2.24) is 0 Å². The molecule has 0 aromatic heterocycles. The van der Waals surface area contributed by atoms with Gasteiger partial charge in [0.15, 0.2) is 6.10 Å². The summed E-state index contributed by atoms with van der Waals surface area (Å²) in [5.74, 6) is -1.02. The SMILES string of the molecule is CC\C=C/C=C\C=C/C=C\C=C/CCCCCC(=O)OC(COC(=O)CCCCC/C=C\C/C=C\C/C=C\C/C=C\CC)COC(=O)CCCCCCC/C=C\C/C=C\CC. The maximum atomic E-state index is 12.7. The van der Waals surface area contributed by atoms with Gasteiger partial charge in [0, 0.05) is 19.3 Å². The maximum Gasteiger partial charge on any atom is 0.306 e. The van der Waals surface area contributed by atoms with Gasteiger partial charge in [-0.15, -0.1) is 0 Å². The third kappa shape index (κ3) is 46.5. The zero-order valence-electron chi connectivity index (χ0n) is 38.6. The van der Waals surface area contributed by atoms with E-state index in [0.717, 1.165) is 128 Å². The van der Waals surface area contributed by atoms with Gasteiger partial charge in [-0.1, -0.05) is 187 Å². The molecule has 1 atom stereocenters. The first-order valence-electron chi connectivity index (χ1n) is 23.8. The van der Waals surface area contributed by atoms with Gasteiger partial charge < -0.3 is 14.2 Å². The van der Waals surface area contributed by atoms with Crippen molar-refractivity contribution in [2.75, 3.05) is 13.2 Å². The van der Waals surface area contributed by atoms with Crippen molar-refractivity contribution >= 4 is 17.9 Å². The lowest BCUT2D eigenvalue weighted by atomic mass is 10.1. The second-order valence-electron chi connectivity index (χ2n) is 15.0. The van der Waals surface area contributed by atoms with Gasteiger partial charge in [-0.3, -0.25) is 14.4 Å². The average molecular weight is 841 g/mol. The number of ether oxygens (including phenoxy) is 3. The van der Waals surface area contributed by atoms with E-state index in [1.54, 1.807) is 0 Å². The highest BCUT2D eigenvalue weighted by atomic mass is 16.6. The van der Waals surface area contributed by atoms with E-state index in [1.807, 2.05) is 48.6 Å². The molecule has 0 amide bonds. The maximum absolute atomic E-state index is 12.7. The minimum atomic E-state index is -0.823. The summed E-state index contributed by atoms with van der Waals surface area (Å²) in [4.78, 5) is 37.9. The third-order valence-electron chi connectivity index (χ3n) is 9.26. The smallest absolute Gasteiger partial charge is 0.306 e. The fourth-order valence-electron chi connectivity index (χ4n) is 5.78. The molecule has 0 N–H and O–H groups in total. The monoisotopic (exact) mass is 841 g/mol. The summed E-state index contributed by atoms with van der Waals surface area (Å²) in [5.41, 5.74) is 0. The molecule has 6 nitrogen and oxygen atoms in total. The molecule has 0 aromatic carbocycles. The fraction of sp³-hybridized carbons (Fsp3) is 0.545. The summed E-state index contributed by atoms with van der Waals surface area (Å²) >= 11 is 0. The molecular formula is C55H84O6. The Kier molecular flexibility index (Phi) is 44.7. The Balaban J connectivity index is 4.58. The van der Waals surface area contributed by atoms with Crippen LogP contribution in [0.4, 0.5) is 0 Å². The quantitative estimate of drug-likeness (QED) is 0.0201. The Bertz CT molecular complexity index is 1380. The molecule has 0 radical (unpaired) electrons. The minimum absolute atomic E-state index is 0.119. The highest BCUT2D eigenvalue weighted by Crippen LogP contribution is 2.11. The van der Waals surface area contributed by atoms with Crippen LogP contribution in [0.5, 0.6) is 0 Å². The van der Waals surface area contributed by atoms with Crippen molar-refractivity contribution in [1.29, 1.82) is 0 Å². The summed E-state index contributed by atoms with van der Waals surface area (Å²) in [6.45, 7) is 6.16. The van der Waals surface area contributed by atoms with E-state index in [0.29, 0.717) is 19.3 Å². The number of hydrogen-bond acceptors (Lipinski definition) is 6. The van der Waals surface area contributed by atoms with Crippen LogP contribution in [0.1, 0.15) is 175 Å². The van der Waals surface area contributed by atoms with Crippen molar-refractivity contribution in [2.24, 2.45) is 0 Å². The summed E-state index contributed by atoms with van der Waals surface area (Å²) in [6.07, 6.45) is 67.2. The molecule has 0 aliphatic heterocycles. The lowest BCUT2D eigenvalue weighted by molar-refractivity contribution is -0.167. The number of hydrogen-bond donors (Lipinski definition) is 0. The summed E-state index contributed by atoms with van der Waals surface area (Å²) < 4.78 is 16.7. The zero-order valence-corrected chi connectivity index (χ0v) is 38.6. The number of allylic oxidation sites excluding steroid dienone is 22. The van der Waals surface area contributed by atoms with Crippen LogP contribution in [-0.2, 0) is 28.6 Å². The van der Waals surface area contributed by atoms with Gasteiger partial charge >= 0.3 is 17.9 Å². The van der Waals surface area contributed by atoms with Crippen LogP contribution in [0, 0.1) is 0 Å². The lowest BCUT2D eigenvalue weighted by Gasteiger charge is -2.18. The highest BCUT2D eigenvalue weighted by Gasteiger charge is 2.19. The fourth-order valence-corrected chi connectivity index (χ4v) is 5.78. The van der Waals surface area contributed by atoms with Crippen LogP contribution < -0.4 is 0 Å². The summed E-state index contributed by atoms with van der Waals surface area (Å²) in [7, 11) is 0. The number of carbonyl (C=O) groups excluding carboxylic acids is 3. The van der Waals surface area contributed by atoms with Crippen LogP contribution >= 0.6 is 0 Å². The van der Waals surface area contributed by atoms with Crippen LogP contribution in [0.2, 0.25) is 0 Å². The summed E-state index contributed by atoms with van der Waals surface area (Å²) in [6, 6.07) is 0. The van der Waals surface area contributed by atoms with E-state index in [2.05, 4.69) is 106 Å². The first kappa shape index (κ1) is 56.5. The van der Waals surface area contributed by atoms with Crippen LogP contribution in [0.25, 0.3) is 0 Å². The van der Waals surface area contributed by atoms with Gasteiger partial charge in [0.1, 0.15) is 13.2 Å². The Labute approximate surface area is 373 Å². The van der Waals surface area contributed by atoms with Crippen LogP contribution in [0.3, 0.4) is 0 Å². The number of rotatable bonds is 40.